The van der Waals surface area contributed by atoms with E-state index in [0.717, 1.165) is 31.0 Å². The van der Waals surface area contributed by atoms with Gasteiger partial charge >= 0.3 is 0 Å². The fourth-order valence-corrected chi connectivity index (χ4v) is 1.48. The molecule has 5 nitrogen and oxygen atoms in total. The number of nitrogens with one attached hydrogen (secondary N) is 2. The highest BCUT2D eigenvalue weighted by Crippen LogP contribution is 2.05. The van der Waals surface area contributed by atoms with Crippen LogP contribution in [-0.4, -0.2) is 19.7 Å². The zero-order chi connectivity index (χ0) is 10.5. The van der Waals surface area contributed by atoms with Crippen LogP contribution in [0.4, 0.5) is 5.69 Å². The smallest absolute Gasteiger partial charge is 0.128 e. The monoisotopic (exact) mass is 205 g/mol. The van der Waals surface area contributed by atoms with Gasteiger partial charge in [0.25, 0.3) is 0 Å². The maximum absolute atomic E-state index is 4.30. The summed E-state index contributed by atoms with van der Waals surface area (Å²) in [5, 5.41) is 9.87. The Kier molecular flexibility index (Phi) is 3.02. The van der Waals surface area contributed by atoms with Crippen LogP contribution in [0.25, 0.3) is 0 Å². The first-order valence-electron chi connectivity index (χ1n) is 5.13. The minimum atomic E-state index is 0.729. The average Bonchev–Trinajstić information content (AvgIpc) is 2.85. The Morgan fingerprint density at radius 2 is 2.47 bits per heavy atom. The number of aromatic amines is 1. The molecule has 0 bridgehead atoms. The van der Waals surface area contributed by atoms with Crippen molar-refractivity contribution in [3.63, 3.8) is 0 Å². The lowest BCUT2D eigenvalue weighted by molar-refractivity contribution is 0.644. The SMILES string of the molecule is CCCn1ccnc1CNc1cn[nH]c1. The van der Waals surface area contributed by atoms with Crippen molar-refractivity contribution in [1.82, 2.24) is 19.7 Å². The predicted molar refractivity (Wildman–Crippen MR) is 58.4 cm³/mol. The molecule has 0 saturated carbocycles. The summed E-state index contributed by atoms with van der Waals surface area (Å²) in [6.07, 6.45) is 8.55. The van der Waals surface area contributed by atoms with E-state index in [-0.39, 0.29) is 0 Å². The summed E-state index contributed by atoms with van der Waals surface area (Å²) < 4.78 is 2.16. The van der Waals surface area contributed by atoms with Gasteiger partial charge in [-0.1, -0.05) is 6.92 Å². The Labute approximate surface area is 88.5 Å². The second kappa shape index (κ2) is 4.63. The Balaban J connectivity index is 1.95. The molecule has 2 aromatic rings. The van der Waals surface area contributed by atoms with E-state index in [4.69, 9.17) is 0 Å². The molecule has 5 heteroatoms. The van der Waals surface area contributed by atoms with Crippen molar-refractivity contribution in [3.05, 3.63) is 30.6 Å². The van der Waals surface area contributed by atoms with Crippen LogP contribution in [0, 0.1) is 0 Å². The maximum atomic E-state index is 4.30. The quantitative estimate of drug-likeness (QED) is 0.780. The predicted octanol–water partition coefficient (Wildman–Crippen LogP) is 1.63. The van der Waals surface area contributed by atoms with Crippen molar-refractivity contribution in [1.29, 1.82) is 0 Å². The van der Waals surface area contributed by atoms with Crippen molar-refractivity contribution in [2.24, 2.45) is 0 Å². The van der Waals surface area contributed by atoms with Crippen molar-refractivity contribution < 1.29 is 0 Å². The molecular formula is C10H15N5. The lowest BCUT2D eigenvalue weighted by Crippen LogP contribution is -2.07. The summed E-state index contributed by atoms with van der Waals surface area (Å²) in [4.78, 5) is 4.30. The molecule has 2 rings (SSSR count). The topological polar surface area (TPSA) is 58.5 Å². The fraction of sp³-hybridized carbons (Fsp3) is 0.400. The van der Waals surface area contributed by atoms with E-state index in [2.05, 4.69) is 32.0 Å². The summed E-state index contributed by atoms with van der Waals surface area (Å²) in [5.74, 6) is 1.05. The number of hydrogen-bond acceptors (Lipinski definition) is 3. The van der Waals surface area contributed by atoms with Crippen molar-refractivity contribution in [2.75, 3.05) is 5.32 Å². The maximum Gasteiger partial charge on any atom is 0.128 e. The molecule has 0 amide bonds. The van der Waals surface area contributed by atoms with Crippen LogP contribution in [0.2, 0.25) is 0 Å². The molecule has 0 unspecified atom stereocenters. The van der Waals surface area contributed by atoms with Crippen LogP contribution >= 0.6 is 0 Å². The van der Waals surface area contributed by atoms with E-state index < -0.39 is 0 Å². The summed E-state index contributed by atoms with van der Waals surface area (Å²) in [7, 11) is 0. The molecule has 0 aromatic carbocycles. The first-order chi connectivity index (χ1) is 7.40. The van der Waals surface area contributed by atoms with Gasteiger partial charge in [-0.15, -0.1) is 0 Å². The second-order valence-electron chi connectivity index (χ2n) is 3.38. The Hall–Kier alpha value is -1.78. The van der Waals surface area contributed by atoms with Crippen LogP contribution in [0.5, 0.6) is 0 Å². The molecule has 0 aliphatic carbocycles. The van der Waals surface area contributed by atoms with Crippen molar-refractivity contribution in [2.45, 2.75) is 26.4 Å². The van der Waals surface area contributed by atoms with E-state index in [9.17, 15) is 0 Å². The number of nitrogens with zero attached hydrogens (tertiary/aromatic N) is 3. The molecule has 0 aliphatic heterocycles. The van der Waals surface area contributed by atoms with Gasteiger partial charge in [0.1, 0.15) is 5.82 Å². The zero-order valence-corrected chi connectivity index (χ0v) is 8.77. The third kappa shape index (κ3) is 2.37. The van der Waals surface area contributed by atoms with Crippen molar-refractivity contribution >= 4 is 5.69 Å². The van der Waals surface area contributed by atoms with Gasteiger partial charge in [-0.3, -0.25) is 5.10 Å². The molecular weight excluding hydrogens is 190 g/mol. The van der Waals surface area contributed by atoms with Crippen LogP contribution in [0.3, 0.4) is 0 Å². The third-order valence-corrected chi connectivity index (χ3v) is 2.22. The molecule has 0 atom stereocenters. The number of H-pyrrole nitrogens is 1. The van der Waals surface area contributed by atoms with E-state index in [1.165, 1.54) is 0 Å². The van der Waals surface area contributed by atoms with Crippen LogP contribution in [0.15, 0.2) is 24.8 Å². The third-order valence-electron chi connectivity index (χ3n) is 2.22. The molecule has 2 N–H and O–H groups in total. The van der Waals surface area contributed by atoms with Gasteiger partial charge in [0.15, 0.2) is 0 Å². The number of aryl methyl sites for hydroxylation is 1. The first kappa shape index (κ1) is 9.76. The largest absolute Gasteiger partial charge is 0.375 e. The normalized spacial score (nSPS) is 10.5. The second-order valence-corrected chi connectivity index (χ2v) is 3.38. The highest BCUT2D eigenvalue weighted by atomic mass is 15.1. The molecule has 0 radical (unpaired) electrons. The van der Waals surface area contributed by atoms with Crippen molar-refractivity contribution in [3.8, 4) is 0 Å². The Morgan fingerprint density at radius 3 is 3.20 bits per heavy atom. The first-order valence-corrected chi connectivity index (χ1v) is 5.13. The molecule has 0 fully saturated rings. The number of aromatic nitrogens is 4. The average molecular weight is 205 g/mol. The zero-order valence-electron chi connectivity index (χ0n) is 8.77. The summed E-state index contributed by atoms with van der Waals surface area (Å²) >= 11 is 0. The summed E-state index contributed by atoms with van der Waals surface area (Å²) in [6.45, 7) is 3.90. The van der Waals surface area contributed by atoms with Gasteiger partial charge in [0.05, 0.1) is 18.4 Å². The van der Waals surface area contributed by atoms with E-state index in [0.29, 0.717) is 0 Å². The van der Waals surface area contributed by atoms with Gasteiger partial charge in [-0.2, -0.15) is 5.10 Å². The lowest BCUT2D eigenvalue weighted by Gasteiger charge is -2.06. The van der Waals surface area contributed by atoms with Crippen LogP contribution in [0.1, 0.15) is 19.2 Å². The van der Waals surface area contributed by atoms with E-state index >= 15 is 0 Å². The Bertz CT molecular complexity index is 390. The summed E-state index contributed by atoms with van der Waals surface area (Å²) in [5.41, 5.74) is 0.987. The molecule has 0 aliphatic rings. The molecule has 2 aromatic heterocycles. The minimum Gasteiger partial charge on any atom is -0.375 e. The molecule has 80 valence electrons. The molecule has 2 heterocycles. The van der Waals surface area contributed by atoms with Gasteiger partial charge in [-0.25, -0.2) is 4.98 Å². The van der Waals surface area contributed by atoms with E-state index in [1.54, 1.807) is 6.20 Å². The van der Waals surface area contributed by atoms with Crippen LogP contribution < -0.4 is 5.32 Å². The number of imidazole rings is 1. The van der Waals surface area contributed by atoms with Gasteiger partial charge in [0, 0.05) is 25.1 Å². The Morgan fingerprint density at radius 1 is 1.53 bits per heavy atom. The minimum absolute atomic E-state index is 0.729. The summed E-state index contributed by atoms with van der Waals surface area (Å²) in [6, 6.07) is 0. The van der Waals surface area contributed by atoms with Gasteiger partial charge < -0.3 is 9.88 Å². The number of rotatable bonds is 5. The highest BCUT2D eigenvalue weighted by Gasteiger charge is 2.01. The standard InChI is InChI=1S/C10H15N5/c1-2-4-15-5-3-11-10(15)8-12-9-6-13-14-7-9/h3,5-7,12H,2,4,8H2,1H3,(H,13,14). The highest BCUT2D eigenvalue weighted by molar-refractivity contribution is 5.37. The molecule has 0 saturated heterocycles. The number of hydrogen-bond donors (Lipinski definition) is 2. The van der Waals surface area contributed by atoms with Gasteiger partial charge in [-0.05, 0) is 6.42 Å². The van der Waals surface area contributed by atoms with E-state index in [1.807, 2.05) is 18.6 Å². The number of anilines is 1. The van der Waals surface area contributed by atoms with Gasteiger partial charge in [0.2, 0.25) is 0 Å². The fourth-order valence-electron chi connectivity index (χ4n) is 1.48. The van der Waals surface area contributed by atoms with Crippen LogP contribution in [-0.2, 0) is 13.1 Å². The lowest BCUT2D eigenvalue weighted by atomic mass is 10.4. The molecule has 0 spiro atoms. The molecule has 15 heavy (non-hydrogen) atoms.